The van der Waals surface area contributed by atoms with Crippen molar-refractivity contribution < 1.29 is 28.9 Å². The van der Waals surface area contributed by atoms with Crippen LogP contribution in [0.15, 0.2) is 28.8 Å². The lowest BCUT2D eigenvalue weighted by molar-refractivity contribution is -0.678. The number of aliphatic carboxylic acids is 1. The zero-order valence-electron chi connectivity index (χ0n) is 13.3. The fourth-order valence-electron chi connectivity index (χ4n) is 2.64. The molecule has 1 saturated heterocycles. The van der Waals surface area contributed by atoms with Crippen LogP contribution in [0, 0.1) is 0 Å². The highest BCUT2D eigenvalue weighted by molar-refractivity contribution is 8.01. The lowest BCUT2D eigenvalue weighted by Crippen LogP contribution is -2.46. The van der Waals surface area contributed by atoms with Gasteiger partial charge < -0.3 is 19.5 Å². The van der Waals surface area contributed by atoms with Gasteiger partial charge in [0.05, 0.1) is 12.4 Å². The fourth-order valence-corrected chi connectivity index (χ4v) is 4.13. The molecule has 0 aliphatic carbocycles. The second-order valence-corrected chi connectivity index (χ2v) is 7.17. The molecule has 1 aromatic carbocycles. The summed E-state index contributed by atoms with van der Waals surface area (Å²) in [6.45, 7) is 3.57. The second-order valence-electron chi connectivity index (χ2n) is 5.96. The first-order valence-corrected chi connectivity index (χ1v) is 8.17. The molecule has 0 bridgehead atoms. The molecule has 2 heterocycles. The molecule has 24 heavy (non-hydrogen) atoms. The molecule has 0 spiro atoms. The maximum absolute atomic E-state index is 12.1. The van der Waals surface area contributed by atoms with E-state index in [1.165, 1.54) is 4.68 Å². The van der Waals surface area contributed by atoms with Crippen molar-refractivity contribution in [2.75, 3.05) is 7.11 Å². The Hall–Kier alpha value is -2.26. The number of nitrogens with zero attached hydrogens (tertiary/aromatic N) is 2. The molecule has 8 nitrogen and oxygen atoms in total. The molecule has 3 rings (SSSR count). The van der Waals surface area contributed by atoms with Gasteiger partial charge in [-0.05, 0) is 30.7 Å². The molecular formula is C15H17N3O5S. The molecule has 0 saturated carbocycles. The zero-order valence-corrected chi connectivity index (χ0v) is 14.2. The van der Waals surface area contributed by atoms with E-state index in [0.29, 0.717) is 11.4 Å². The summed E-state index contributed by atoms with van der Waals surface area (Å²) in [4.78, 5) is 11.4. The number of nitrogens with one attached hydrogen (secondary N) is 1. The van der Waals surface area contributed by atoms with Crippen LogP contribution >= 0.6 is 11.8 Å². The number of hydrogen-bond donors (Lipinski definition) is 2. The summed E-state index contributed by atoms with van der Waals surface area (Å²) in [6.07, 6.45) is 0. The first-order valence-electron chi connectivity index (χ1n) is 7.23. The Bertz CT molecular complexity index is 759. The smallest absolute Gasteiger partial charge is 0.318 e. The van der Waals surface area contributed by atoms with Crippen LogP contribution in [-0.2, 0) is 4.79 Å². The van der Waals surface area contributed by atoms with Crippen LogP contribution in [0.2, 0.25) is 0 Å². The van der Waals surface area contributed by atoms with Gasteiger partial charge in [-0.25, -0.2) is 0 Å². The molecular weight excluding hydrogens is 334 g/mol. The van der Waals surface area contributed by atoms with Gasteiger partial charge >= 0.3 is 5.97 Å². The molecule has 128 valence electrons. The van der Waals surface area contributed by atoms with Crippen molar-refractivity contribution in [1.29, 1.82) is 0 Å². The summed E-state index contributed by atoms with van der Waals surface area (Å²) >= 11 is 1.16. The predicted octanol–water partition coefficient (Wildman–Crippen LogP) is 0.600. The second kappa shape index (κ2) is 5.99. The van der Waals surface area contributed by atoms with Crippen LogP contribution in [0.4, 0.5) is 0 Å². The van der Waals surface area contributed by atoms with Gasteiger partial charge in [-0.2, -0.15) is 0 Å². The highest BCUT2D eigenvalue weighted by Crippen LogP contribution is 2.44. The van der Waals surface area contributed by atoms with Crippen LogP contribution < -0.4 is 19.8 Å². The average molecular weight is 351 g/mol. The molecule has 2 N–H and O–H groups in total. The quantitative estimate of drug-likeness (QED) is 0.770. The molecule has 1 aliphatic heterocycles. The third kappa shape index (κ3) is 2.80. The minimum atomic E-state index is -0.931. The Kier molecular flexibility index (Phi) is 4.14. The maximum atomic E-state index is 12.1. The van der Waals surface area contributed by atoms with Crippen LogP contribution in [0.3, 0.4) is 0 Å². The number of aromatic nitrogens is 2. The number of methoxy groups -OCH3 is 1. The minimum absolute atomic E-state index is 0.252. The summed E-state index contributed by atoms with van der Waals surface area (Å²) in [7, 11) is 1.56. The Morgan fingerprint density at radius 2 is 2.12 bits per heavy atom. The molecule has 1 aromatic heterocycles. The molecule has 2 atom stereocenters. The summed E-state index contributed by atoms with van der Waals surface area (Å²) in [5, 5.41) is 27.2. The number of benzene rings is 1. The van der Waals surface area contributed by atoms with E-state index in [1.807, 2.05) is 0 Å². The third-order valence-corrected chi connectivity index (χ3v) is 5.54. The van der Waals surface area contributed by atoms with Gasteiger partial charge in [-0.1, -0.05) is 0 Å². The van der Waals surface area contributed by atoms with Crippen LogP contribution in [0.5, 0.6) is 11.7 Å². The number of hydrogen-bond acceptors (Lipinski definition) is 7. The van der Waals surface area contributed by atoms with Gasteiger partial charge in [-0.3, -0.25) is 10.1 Å². The van der Waals surface area contributed by atoms with E-state index in [4.69, 9.17) is 9.26 Å². The maximum Gasteiger partial charge on any atom is 0.318 e. The van der Waals surface area contributed by atoms with Crippen molar-refractivity contribution in [3.8, 4) is 17.4 Å². The Morgan fingerprint density at radius 1 is 1.46 bits per heavy atom. The van der Waals surface area contributed by atoms with E-state index in [2.05, 4.69) is 10.6 Å². The van der Waals surface area contributed by atoms with Crippen molar-refractivity contribution in [1.82, 2.24) is 10.6 Å². The lowest BCUT2D eigenvalue weighted by Gasteiger charge is -2.22. The SMILES string of the molecule is COc1ccc(-[n+]2noc([O-])c2C2NC(C)(C)C(C(=O)O)S2)cc1. The van der Waals surface area contributed by atoms with Crippen LogP contribution in [0.25, 0.3) is 5.69 Å². The summed E-state index contributed by atoms with van der Waals surface area (Å²) < 4.78 is 11.3. The van der Waals surface area contributed by atoms with E-state index >= 15 is 0 Å². The van der Waals surface area contributed by atoms with Gasteiger partial charge in [0.25, 0.3) is 5.69 Å². The first-order chi connectivity index (χ1) is 11.3. The summed E-state index contributed by atoms with van der Waals surface area (Å²) in [5.41, 5.74) is 0.195. The Balaban J connectivity index is 1.98. The monoisotopic (exact) mass is 351 g/mol. The fraction of sp³-hybridized carbons (Fsp3) is 0.400. The Labute approximate surface area is 142 Å². The third-order valence-electron chi connectivity index (χ3n) is 3.86. The van der Waals surface area contributed by atoms with Crippen molar-refractivity contribution >= 4 is 17.7 Å². The topological polar surface area (TPSA) is 112 Å². The number of carboxylic acid groups (broad SMARTS) is 1. The van der Waals surface area contributed by atoms with Crippen LogP contribution in [-0.4, -0.2) is 34.2 Å². The molecule has 0 radical (unpaired) electrons. The number of carboxylic acids is 1. The van der Waals surface area contributed by atoms with E-state index in [9.17, 15) is 15.0 Å². The molecule has 1 fully saturated rings. The van der Waals surface area contributed by atoms with Gasteiger partial charge in [-0.15, -0.1) is 11.8 Å². The van der Waals surface area contributed by atoms with Crippen molar-refractivity contribution in [2.45, 2.75) is 30.0 Å². The van der Waals surface area contributed by atoms with E-state index in [-0.39, 0.29) is 5.69 Å². The number of ether oxygens (including phenoxy) is 1. The van der Waals surface area contributed by atoms with E-state index < -0.39 is 28.1 Å². The van der Waals surface area contributed by atoms with Gasteiger partial charge in [0.2, 0.25) is 5.69 Å². The van der Waals surface area contributed by atoms with E-state index in [0.717, 1.165) is 11.8 Å². The molecule has 0 amide bonds. The van der Waals surface area contributed by atoms with E-state index in [1.54, 1.807) is 45.2 Å². The summed E-state index contributed by atoms with van der Waals surface area (Å²) in [6, 6.07) is 6.96. The molecule has 1 aliphatic rings. The minimum Gasteiger partial charge on any atom is -0.539 e. The Morgan fingerprint density at radius 3 is 2.67 bits per heavy atom. The van der Waals surface area contributed by atoms with Gasteiger partial charge in [0.15, 0.2) is 5.95 Å². The first kappa shape index (κ1) is 16.6. The van der Waals surface area contributed by atoms with Crippen molar-refractivity contribution in [2.24, 2.45) is 0 Å². The number of carbonyl (C=O) groups is 1. The zero-order chi connectivity index (χ0) is 17.5. The van der Waals surface area contributed by atoms with Crippen LogP contribution in [0.1, 0.15) is 24.9 Å². The van der Waals surface area contributed by atoms with Gasteiger partial charge in [0, 0.05) is 17.7 Å². The standard InChI is InChI=1S/C15H17N3O5S/c1-15(2)11(13(19)20)24-12(16-15)10-14(21)23-17-18(10)8-4-6-9(22-3)7-5-8/h4-7,11-12,16H,1-3H3,(H-,17,19,20,21). The average Bonchev–Trinajstić information content (AvgIpc) is 3.06. The normalized spacial score (nSPS) is 22.5. The number of rotatable bonds is 4. The summed E-state index contributed by atoms with van der Waals surface area (Å²) in [5.74, 6) is -0.857. The molecule has 9 heteroatoms. The highest BCUT2D eigenvalue weighted by atomic mass is 32.2. The predicted molar refractivity (Wildman–Crippen MR) is 83.0 cm³/mol. The van der Waals surface area contributed by atoms with Gasteiger partial charge in [0.1, 0.15) is 16.4 Å². The molecule has 2 unspecified atom stereocenters. The highest BCUT2D eigenvalue weighted by Gasteiger charge is 2.49. The molecule has 2 aromatic rings. The lowest BCUT2D eigenvalue weighted by atomic mass is 10.0. The number of thioether (sulfide) groups is 1. The largest absolute Gasteiger partial charge is 0.539 e. The van der Waals surface area contributed by atoms with Crippen molar-refractivity contribution in [3.63, 3.8) is 0 Å². The van der Waals surface area contributed by atoms with Crippen molar-refractivity contribution in [3.05, 3.63) is 30.0 Å².